The summed E-state index contributed by atoms with van der Waals surface area (Å²) in [5.74, 6) is 0.632. The van der Waals surface area contributed by atoms with Gasteiger partial charge in [0, 0.05) is 17.5 Å². The van der Waals surface area contributed by atoms with Gasteiger partial charge in [-0.1, -0.05) is 6.07 Å². The summed E-state index contributed by atoms with van der Waals surface area (Å²) in [6.45, 7) is 3.47. The van der Waals surface area contributed by atoms with Crippen LogP contribution in [0.3, 0.4) is 0 Å². The Morgan fingerprint density at radius 3 is 2.93 bits per heavy atom. The van der Waals surface area contributed by atoms with Gasteiger partial charge in [-0.25, -0.2) is 0 Å². The van der Waals surface area contributed by atoms with Gasteiger partial charge in [-0.2, -0.15) is 4.89 Å². The highest BCUT2D eigenvalue weighted by Gasteiger charge is 2.22. The van der Waals surface area contributed by atoms with E-state index in [1.807, 2.05) is 19.1 Å². The lowest BCUT2D eigenvalue weighted by atomic mass is 10.0. The Kier molecular flexibility index (Phi) is 2.80. The lowest BCUT2D eigenvalue weighted by molar-refractivity contribution is -0.249. The standard InChI is InChI=1S/C11H11BrO3/c1-6-5-8-3-4-9(7(2)13)10(12)11(8)15-14-6/h3-4,6H,5H2,1-2H3. The van der Waals surface area contributed by atoms with Crippen molar-refractivity contribution in [2.24, 2.45) is 0 Å². The Bertz CT molecular complexity index is 415. The number of benzene rings is 1. The SMILES string of the molecule is CC(=O)c1ccc2c(c1Br)OOC(C)C2. The summed E-state index contributed by atoms with van der Waals surface area (Å²) in [5, 5.41) is 0. The summed E-state index contributed by atoms with van der Waals surface area (Å²) in [4.78, 5) is 21.5. The fraction of sp³-hybridized carbons (Fsp3) is 0.364. The first kappa shape index (κ1) is 10.6. The molecule has 0 N–H and O–H groups in total. The molecule has 0 saturated carbocycles. The zero-order chi connectivity index (χ0) is 11.0. The molecule has 1 aromatic rings. The number of ketones is 1. The molecule has 15 heavy (non-hydrogen) atoms. The van der Waals surface area contributed by atoms with Crippen LogP contribution in [0.4, 0.5) is 0 Å². The minimum absolute atomic E-state index is 0.00639. The Labute approximate surface area is 96.4 Å². The molecular weight excluding hydrogens is 260 g/mol. The van der Waals surface area contributed by atoms with Crippen molar-refractivity contribution in [3.63, 3.8) is 0 Å². The third-order valence-corrected chi connectivity index (χ3v) is 3.15. The first-order chi connectivity index (χ1) is 7.09. The smallest absolute Gasteiger partial charge is 0.183 e. The lowest BCUT2D eigenvalue weighted by Gasteiger charge is -2.22. The van der Waals surface area contributed by atoms with Crippen molar-refractivity contribution in [2.75, 3.05) is 0 Å². The van der Waals surface area contributed by atoms with Crippen LogP contribution in [0.1, 0.15) is 29.8 Å². The second kappa shape index (κ2) is 3.94. The van der Waals surface area contributed by atoms with Crippen molar-refractivity contribution in [3.05, 3.63) is 27.7 Å². The molecule has 0 spiro atoms. The minimum Gasteiger partial charge on any atom is -0.336 e. The molecule has 1 atom stereocenters. The van der Waals surface area contributed by atoms with E-state index in [9.17, 15) is 4.79 Å². The number of carbonyl (C=O) groups is 1. The number of Topliss-reactive ketones (excluding diaryl/α,β-unsaturated/α-hetero) is 1. The van der Waals surface area contributed by atoms with Crippen LogP contribution in [0.5, 0.6) is 5.75 Å². The minimum atomic E-state index is 0.00639. The van der Waals surface area contributed by atoms with Crippen LogP contribution in [0.15, 0.2) is 16.6 Å². The van der Waals surface area contributed by atoms with Gasteiger partial charge in [0.15, 0.2) is 11.5 Å². The number of fused-ring (bicyclic) bond motifs is 1. The Balaban J connectivity index is 2.49. The predicted octanol–water partition coefficient (Wildman–Crippen LogP) is 2.91. The Morgan fingerprint density at radius 1 is 1.53 bits per heavy atom. The van der Waals surface area contributed by atoms with Crippen LogP contribution in [-0.4, -0.2) is 11.9 Å². The normalized spacial score (nSPS) is 19.3. The highest BCUT2D eigenvalue weighted by Crippen LogP contribution is 2.36. The van der Waals surface area contributed by atoms with Crippen LogP contribution in [0.2, 0.25) is 0 Å². The van der Waals surface area contributed by atoms with Crippen molar-refractivity contribution in [1.82, 2.24) is 0 Å². The van der Waals surface area contributed by atoms with E-state index in [-0.39, 0.29) is 11.9 Å². The molecule has 0 bridgehead atoms. The molecule has 0 radical (unpaired) electrons. The van der Waals surface area contributed by atoms with Gasteiger partial charge in [0.25, 0.3) is 0 Å². The molecule has 0 saturated heterocycles. The molecule has 1 aliphatic heterocycles. The van der Waals surface area contributed by atoms with Crippen LogP contribution in [0, 0.1) is 0 Å². The maximum atomic E-state index is 11.3. The van der Waals surface area contributed by atoms with E-state index in [1.165, 1.54) is 6.92 Å². The zero-order valence-electron chi connectivity index (χ0n) is 8.54. The highest BCUT2D eigenvalue weighted by atomic mass is 79.9. The molecule has 3 nitrogen and oxygen atoms in total. The monoisotopic (exact) mass is 270 g/mol. The molecule has 0 fully saturated rings. The second-order valence-electron chi connectivity index (χ2n) is 3.67. The van der Waals surface area contributed by atoms with Crippen LogP contribution in [0.25, 0.3) is 0 Å². The Morgan fingerprint density at radius 2 is 2.27 bits per heavy atom. The average molecular weight is 271 g/mol. The summed E-state index contributed by atoms with van der Waals surface area (Å²) < 4.78 is 0.680. The van der Waals surface area contributed by atoms with Crippen molar-refractivity contribution < 1.29 is 14.6 Å². The van der Waals surface area contributed by atoms with Gasteiger partial charge in [0.1, 0.15) is 6.10 Å². The molecule has 0 amide bonds. The molecule has 2 rings (SSSR count). The van der Waals surface area contributed by atoms with Crippen molar-refractivity contribution >= 4 is 21.7 Å². The summed E-state index contributed by atoms with van der Waals surface area (Å²) in [6, 6.07) is 3.72. The van der Waals surface area contributed by atoms with Gasteiger partial charge in [-0.15, -0.1) is 0 Å². The Hall–Kier alpha value is -0.870. The van der Waals surface area contributed by atoms with Crippen molar-refractivity contribution in [1.29, 1.82) is 0 Å². The summed E-state index contributed by atoms with van der Waals surface area (Å²) in [7, 11) is 0. The van der Waals surface area contributed by atoms with E-state index in [1.54, 1.807) is 0 Å². The molecule has 0 aliphatic carbocycles. The number of rotatable bonds is 1. The van der Waals surface area contributed by atoms with Gasteiger partial charge in [0.05, 0.1) is 4.47 Å². The topological polar surface area (TPSA) is 35.5 Å². The van der Waals surface area contributed by atoms with Gasteiger partial charge in [0.2, 0.25) is 0 Å². The third kappa shape index (κ3) is 1.92. The van der Waals surface area contributed by atoms with Gasteiger partial charge < -0.3 is 4.89 Å². The summed E-state index contributed by atoms with van der Waals surface area (Å²) >= 11 is 3.36. The number of hydrogen-bond acceptors (Lipinski definition) is 3. The molecule has 0 aromatic heterocycles. The number of carbonyl (C=O) groups excluding carboxylic acids is 1. The van der Waals surface area contributed by atoms with Gasteiger partial charge in [-0.05, 0) is 35.8 Å². The van der Waals surface area contributed by atoms with Gasteiger partial charge >= 0.3 is 0 Å². The largest absolute Gasteiger partial charge is 0.336 e. The van der Waals surface area contributed by atoms with Crippen LogP contribution < -0.4 is 4.89 Å². The summed E-state index contributed by atoms with van der Waals surface area (Å²) in [6.07, 6.45) is 0.846. The molecule has 1 unspecified atom stereocenters. The highest BCUT2D eigenvalue weighted by molar-refractivity contribution is 9.10. The molecule has 1 aliphatic rings. The fourth-order valence-corrected chi connectivity index (χ4v) is 2.32. The predicted molar refractivity (Wildman–Crippen MR) is 59.0 cm³/mol. The molecule has 4 heteroatoms. The van der Waals surface area contributed by atoms with Crippen LogP contribution in [-0.2, 0) is 11.3 Å². The van der Waals surface area contributed by atoms with Crippen molar-refractivity contribution in [2.45, 2.75) is 26.4 Å². The van der Waals surface area contributed by atoms with E-state index < -0.39 is 0 Å². The number of hydrogen-bond donors (Lipinski definition) is 0. The van der Waals surface area contributed by atoms with Crippen molar-refractivity contribution in [3.8, 4) is 5.75 Å². The lowest BCUT2D eigenvalue weighted by Crippen LogP contribution is -2.21. The average Bonchev–Trinajstić information content (AvgIpc) is 2.17. The van der Waals surface area contributed by atoms with E-state index in [0.717, 1.165) is 12.0 Å². The maximum absolute atomic E-state index is 11.3. The summed E-state index contributed by atoms with van der Waals surface area (Å²) in [5.41, 5.74) is 1.68. The van der Waals surface area contributed by atoms with E-state index in [4.69, 9.17) is 9.78 Å². The van der Waals surface area contributed by atoms with Gasteiger partial charge in [-0.3, -0.25) is 4.79 Å². The first-order valence-electron chi connectivity index (χ1n) is 4.75. The molecular formula is C11H11BrO3. The van der Waals surface area contributed by atoms with E-state index >= 15 is 0 Å². The molecule has 1 aromatic carbocycles. The quantitative estimate of drug-likeness (QED) is 0.582. The zero-order valence-corrected chi connectivity index (χ0v) is 10.1. The third-order valence-electron chi connectivity index (χ3n) is 2.36. The van der Waals surface area contributed by atoms with E-state index in [0.29, 0.717) is 15.8 Å². The fourth-order valence-electron chi connectivity index (χ4n) is 1.59. The van der Waals surface area contributed by atoms with Crippen LogP contribution >= 0.6 is 15.9 Å². The second-order valence-corrected chi connectivity index (χ2v) is 4.46. The molecule has 1 heterocycles. The maximum Gasteiger partial charge on any atom is 0.183 e. The first-order valence-corrected chi connectivity index (χ1v) is 5.54. The van der Waals surface area contributed by atoms with E-state index in [2.05, 4.69) is 15.9 Å². The number of halogens is 1. The molecule has 80 valence electrons.